The van der Waals surface area contributed by atoms with Gasteiger partial charge in [-0.1, -0.05) is 32.6 Å². The molecule has 0 aromatic carbocycles. The van der Waals surface area contributed by atoms with Crippen LogP contribution in [0.4, 0.5) is 0 Å². The fourth-order valence-corrected chi connectivity index (χ4v) is 1.74. The van der Waals surface area contributed by atoms with Crippen LogP contribution in [0.1, 0.15) is 58.8 Å². The molecule has 2 nitrogen and oxygen atoms in total. The molecule has 0 fully saturated rings. The Balaban J connectivity index is 1.94. The summed E-state index contributed by atoms with van der Waals surface area (Å²) in [5, 5.41) is 4.30. The maximum atomic E-state index is 4.30. The molecule has 1 aliphatic heterocycles. The summed E-state index contributed by atoms with van der Waals surface area (Å²) in [6, 6.07) is 0.575. The quantitative estimate of drug-likeness (QED) is 0.627. The van der Waals surface area contributed by atoms with Crippen LogP contribution in [0.15, 0.2) is 5.10 Å². The van der Waals surface area contributed by atoms with Crippen molar-refractivity contribution in [3.05, 3.63) is 0 Å². The first kappa shape index (κ1) is 10.6. The van der Waals surface area contributed by atoms with Crippen LogP contribution in [0.3, 0.4) is 0 Å². The average Bonchev–Trinajstić information content (AvgIpc) is 2.51. The molecule has 1 N–H and O–H groups in total. The standard InChI is InChI=1S/C11H22N2/c1-3-4-5-6-7-8-11-9-10(2)12-13-11/h10,12H,3-9H2,1-2H3. The van der Waals surface area contributed by atoms with Gasteiger partial charge in [-0.25, -0.2) is 0 Å². The largest absolute Gasteiger partial charge is 0.307 e. The van der Waals surface area contributed by atoms with Gasteiger partial charge in [0.1, 0.15) is 0 Å². The summed E-state index contributed by atoms with van der Waals surface area (Å²) in [5.74, 6) is 0. The van der Waals surface area contributed by atoms with E-state index in [1.54, 1.807) is 0 Å². The first-order valence-electron chi connectivity index (χ1n) is 5.64. The summed E-state index contributed by atoms with van der Waals surface area (Å²) in [7, 11) is 0. The molecule has 0 bridgehead atoms. The Labute approximate surface area is 81.8 Å². The normalized spacial score (nSPS) is 21.4. The Bertz CT molecular complexity index is 163. The first-order valence-corrected chi connectivity index (χ1v) is 5.64. The van der Waals surface area contributed by atoms with E-state index in [2.05, 4.69) is 24.4 Å². The van der Waals surface area contributed by atoms with Crippen molar-refractivity contribution in [2.45, 2.75) is 64.8 Å². The fourth-order valence-electron chi connectivity index (χ4n) is 1.74. The molecule has 13 heavy (non-hydrogen) atoms. The third-order valence-electron chi connectivity index (χ3n) is 2.55. The van der Waals surface area contributed by atoms with E-state index in [9.17, 15) is 0 Å². The predicted molar refractivity (Wildman–Crippen MR) is 58.0 cm³/mol. The van der Waals surface area contributed by atoms with Crippen molar-refractivity contribution < 1.29 is 0 Å². The van der Waals surface area contributed by atoms with Gasteiger partial charge < -0.3 is 5.43 Å². The van der Waals surface area contributed by atoms with Crippen molar-refractivity contribution in [3.8, 4) is 0 Å². The zero-order valence-corrected chi connectivity index (χ0v) is 8.97. The first-order chi connectivity index (χ1) is 6.33. The minimum absolute atomic E-state index is 0.575. The van der Waals surface area contributed by atoms with Gasteiger partial charge in [0.2, 0.25) is 0 Å². The minimum Gasteiger partial charge on any atom is -0.307 e. The number of hydrazone groups is 1. The topological polar surface area (TPSA) is 24.4 Å². The Morgan fingerprint density at radius 3 is 2.69 bits per heavy atom. The van der Waals surface area contributed by atoms with Crippen molar-refractivity contribution in [2.75, 3.05) is 0 Å². The maximum Gasteiger partial charge on any atom is 0.0464 e. The van der Waals surface area contributed by atoms with Gasteiger partial charge >= 0.3 is 0 Å². The Kier molecular flexibility index (Phi) is 4.87. The molecular formula is C11H22N2. The number of nitrogens with one attached hydrogen (secondary N) is 1. The van der Waals surface area contributed by atoms with Gasteiger partial charge in [0.05, 0.1) is 0 Å². The summed E-state index contributed by atoms with van der Waals surface area (Å²) < 4.78 is 0. The van der Waals surface area contributed by atoms with Crippen LogP contribution >= 0.6 is 0 Å². The SMILES string of the molecule is CCCCCCCC1=NNC(C)C1. The minimum atomic E-state index is 0.575. The predicted octanol–water partition coefficient (Wildman–Crippen LogP) is 3.08. The average molecular weight is 182 g/mol. The summed E-state index contributed by atoms with van der Waals surface area (Å²) in [6.45, 7) is 4.44. The lowest BCUT2D eigenvalue weighted by Crippen LogP contribution is -2.13. The van der Waals surface area contributed by atoms with Gasteiger partial charge in [0, 0.05) is 18.2 Å². The molecule has 0 spiro atoms. The molecule has 1 atom stereocenters. The van der Waals surface area contributed by atoms with Crippen LogP contribution in [-0.2, 0) is 0 Å². The highest BCUT2D eigenvalue weighted by Gasteiger charge is 2.12. The van der Waals surface area contributed by atoms with Crippen LogP contribution in [0.5, 0.6) is 0 Å². The van der Waals surface area contributed by atoms with E-state index in [1.807, 2.05) is 0 Å². The Morgan fingerprint density at radius 2 is 2.08 bits per heavy atom. The van der Waals surface area contributed by atoms with E-state index in [0.717, 1.165) is 6.42 Å². The second-order valence-corrected chi connectivity index (χ2v) is 4.08. The van der Waals surface area contributed by atoms with Gasteiger partial charge in [-0.15, -0.1) is 0 Å². The molecule has 0 amide bonds. The molecule has 2 heteroatoms. The van der Waals surface area contributed by atoms with E-state index >= 15 is 0 Å². The van der Waals surface area contributed by atoms with Crippen LogP contribution in [0, 0.1) is 0 Å². The smallest absolute Gasteiger partial charge is 0.0464 e. The molecule has 0 aliphatic carbocycles. The summed E-state index contributed by atoms with van der Waals surface area (Å²) in [4.78, 5) is 0. The van der Waals surface area contributed by atoms with Crippen LogP contribution < -0.4 is 5.43 Å². The molecule has 0 saturated carbocycles. The van der Waals surface area contributed by atoms with Crippen LogP contribution in [0.25, 0.3) is 0 Å². The number of unbranched alkanes of at least 4 members (excludes halogenated alkanes) is 4. The van der Waals surface area contributed by atoms with E-state index in [4.69, 9.17) is 0 Å². The molecule has 1 aliphatic rings. The molecule has 0 radical (unpaired) electrons. The number of hydrogen-bond donors (Lipinski definition) is 1. The zero-order valence-electron chi connectivity index (χ0n) is 8.97. The maximum absolute atomic E-state index is 4.30. The Morgan fingerprint density at radius 1 is 1.31 bits per heavy atom. The molecule has 1 unspecified atom stereocenters. The zero-order chi connectivity index (χ0) is 9.52. The summed E-state index contributed by atoms with van der Waals surface area (Å²) >= 11 is 0. The molecule has 1 heterocycles. The lowest BCUT2D eigenvalue weighted by atomic mass is 10.1. The van der Waals surface area contributed by atoms with Crippen molar-refractivity contribution >= 4 is 5.71 Å². The van der Waals surface area contributed by atoms with E-state index in [0.29, 0.717) is 6.04 Å². The number of nitrogens with zero attached hydrogens (tertiary/aromatic N) is 1. The lowest BCUT2D eigenvalue weighted by molar-refractivity contribution is 0.632. The van der Waals surface area contributed by atoms with Gasteiger partial charge in [-0.3, -0.25) is 0 Å². The fraction of sp³-hybridized carbons (Fsp3) is 0.909. The molecule has 0 saturated heterocycles. The van der Waals surface area contributed by atoms with E-state index in [-0.39, 0.29) is 0 Å². The molecule has 0 aromatic rings. The Hall–Kier alpha value is -0.530. The van der Waals surface area contributed by atoms with Gasteiger partial charge in [-0.05, 0) is 19.8 Å². The number of hydrogen-bond acceptors (Lipinski definition) is 2. The molecule has 76 valence electrons. The van der Waals surface area contributed by atoms with Crippen LogP contribution in [-0.4, -0.2) is 11.8 Å². The monoisotopic (exact) mass is 182 g/mol. The molecular weight excluding hydrogens is 160 g/mol. The van der Waals surface area contributed by atoms with Gasteiger partial charge in [0.15, 0.2) is 0 Å². The van der Waals surface area contributed by atoms with Gasteiger partial charge in [-0.2, -0.15) is 5.10 Å². The highest BCUT2D eigenvalue weighted by atomic mass is 15.3. The third-order valence-corrected chi connectivity index (χ3v) is 2.55. The highest BCUT2D eigenvalue weighted by Crippen LogP contribution is 2.11. The molecule has 1 rings (SSSR count). The molecule has 0 aromatic heterocycles. The third kappa shape index (κ3) is 4.30. The van der Waals surface area contributed by atoms with Crippen molar-refractivity contribution in [1.29, 1.82) is 0 Å². The highest BCUT2D eigenvalue weighted by molar-refractivity contribution is 5.85. The lowest BCUT2D eigenvalue weighted by Gasteiger charge is -2.00. The van der Waals surface area contributed by atoms with Crippen molar-refractivity contribution in [3.63, 3.8) is 0 Å². The van der Waals surface area contributed by atoms with Crippen LogP contribution in [0.2, 0.25) is 0 Å². The summed E-state index contributed by atoms with van der Waals surface area (Å²) in [6.07, 6.45) is 9.19. The van der Waals surface area contributed by atoms with E-state index in [1.165, 1.54) is 44.2 Å². The number of rotatable bonds is 6. The van der Waals surface area contributed by atoms with Gasteiger partial charge in [0.25, 0.3) is 0 Å². The summed E-state index contributed by atoms with van der Waals surface area (Å²) in [5.41, 5.74) is 4.49. The second kappa shape index (κ2) is 6.01. The van der Waals surface area contributed by atoms with E-state index < -0.39 is 0 Å². The van der Waals surface area contributed by atoms with Crippen molar-refractivity contribution in [1.82, 2.24) is 5.43 Å². The second-order valence-electron chi connectivity index (χ2n) is 4.08. The van der Waals surface area contributed by atoms with Crippen molar-refractivity contribution in [2.24, 2.45) is 5.10 Å².